The fourth-order valence-corrected chi connectivity index (χ4v) is 2.90. The van der Waals surface area contributed by atoms with Crippen LogP contribution >= 0.6 is 0 Å². The minimum atomic E-state index is -0.111. The number of para-hydroxylation sites is 2. The number of carbonyl (C=O) groups is 1. The molecule has 4 rings (SSSR count). The van der Waals surface area contributed by atoms with Crippen molar-refractivity contribution in [3.8, 4) is 11.1 Å². The summed E-state index contributed by atoms with van der Waals surface area (Å²) in [5, 5.41) is 2.95. The number of H-pyrrole nitrogens is 1. The van der Waals surface area contributed by atoms with Gasteiger partial charge in [-0.25, -0.2) is 4.98 Å². The quantitative estimate of drug-likeness (QED) is 0.591. The maximum atomic E-state index is 12.7. The number of hydrogen-bond donors (Lipinski definition) is 2. The number of nitrogens with one attached hydrogen (secondary N) is 2. The standard InChI is InChI=1S/C21H17N3O/c25-21(22-14-20-23-18-12-6-7-13-19(18)24-20)17-11-5-4-10-16(17)15-8-2-1-3-9-15/h1-13H,14H2,(H,22,25)(H,23,24). The molecule has 0 radical (unpaired) electrons. The summed E-state index contributed by atoms with van der Waals surface area (Å²) < 4.78 is 0. The van der Waals surface area contributed by atoms with Crippen LogP contribution in [0.5, 0.6) is 0 Å². The van der Waals surface area contributed by atoms with Crippen LogP contribution < -0.4 is 5.32 Å². The van der Waals surface area contributed by atoms with Crippen molar-refractivity contribution in [1.29, 1.82) is 0 Å². The Morgan fingerprint density at radius 2 is 1.60 bits per heavy atom. The van der Waals surface area contributed by atoms with Crippen molar-refractivity contribution < 1.29 is 4.79 Å². The normalized spacial score (nSPS) is 10.7. The Morgan fingerprint density at radius 3 is 2.44 bits per heavy atom. The first-order valence-electron chi connectivity index (χ1n) is 8.17. The van der Waals surface area contributed by atoms with E-state index in [1.165, 1.54) is 0 Å². The Labute approximate surface area is 145 Å². The Balaban J connectivity index is 1.55. The molecule has 0 aliphatic carbocycles. The summed E-state index contributed by atoms with van der Waals surface area (Å²) in [5.41, 5.74) is 4.47. The Morgan fingerprint density at radius 1 is 0.880 bits per heavy atom. The predicted octanol–water partition coefficient (Wildman–Crippen LogP) is 4.16. The summed E-state index contributed by atoms with van der Waals surface area (Å²) in [4.78, 5) is 20.4. The Hall–Kier alpha value is -3.40. The molecule has 4 heteroatoms. The van der Waals surface area contributed by atoms with Crippen molar-refractivity contribution in [3.05, 3.63) is 90.3 Å². The van der Waals surface area contributed by atoms with Gasteiger partial charge in [-0.3, -0.25) is 4.79 Å². The predicted molar refractivity (Wildman–Crippen MR) is 99.1 cm³/mol. The first kappa shape index (κ1) is 15.1. The molecular weight excluding hydrogens is 310 g/mol. The topological polar surface area (TPSA) is 57.8 Å². The molecule has 1 aromatic heterocycles. The third-order valence-electron chi connectivity index (χ3n) is 4.11. The highest BCUT2D eigenvalue weighted by molar-refractivity contribution is 6.00. The molecule has 0 fully saturated rings. The minimum absolute atomic E-state index is 0.111. The van der Waals surface area contributed by atoms with Gasteiger partial charge in [-0.05, 0) is 29.3 Å². The monoisotopic (exact) mass is 327 g/mol. The lowest BCUT2D eigenvalue weighted by Gasteiger charge is -2.09. The van der Waals surface area contributed by atoms with E-state index in [1.54, 1.807) is 0 Å². The number of carbonyl (C=O) groups excluding carboxylic acids is 1. The second-order valence-corrected chi connectivity index (χ2v) is 5.79. The second-order valence-electron chi connectivity index (χ2n) is 5.79. The maximum absolute atomic E-state index is 12.7. The third-order valence-corrected chi connectivity index (χ3v) is 4.11. The van der Waals surface area contributed by atoms with Gasteiger partial charge in [0.15, 0.2) is 0 Å². The maximum Gasteiger partial charge on any atom is 0.252 e. The fraction of sp³-hybridized carbons (Fsp3) is 0.0476. The lowest BCUT2D eigenvalue weighted by atomic mass is 9.99. The van der Waals surface area contributed by atoms with Crippen LogP contribution in [0.2, 0.25) is 0 Å². The zero-order chi connectivity index (χ0) is 17.1. The van der Waals surface area contributed by atoms with Gasteiger partial charge in [-0.2, -0.15) is 0 Å². The van der Waals surface area contributed by atoms with E-state index in [1.807, 2.05) is 78.9 Å². The Bertz CT molecular complexity index is 988. The first-order valence-corrected chi connectivity index (χ1v) is 8.17. The van der Waals surface area contributed by atoms with E-state index in [0.717, 1.165) is 28.0 Å². The zero-order valence-corrected chi connectivity index (χ0v) is 13.6. The molecule has 0 aliphatic heterocycles. The number of imidazole rings is 1. The molecule has 4 nitrogen and oxygen atoms in total. The van der Waals surface area contributed by atoms with Crippen molar-refractivity contribution in [2.45, 2.75) is 6.54 Å². The molecule has 0 atom stereocenters. The van der Waals surface area contributed by atoms with E-state index >= 15 is 0 Å². The summed E-state index contributed by atoms with van der Waals surface area (Å²) in [6.07, 6.45) is 0. The number of nitrogens with zero attached hydrogens (tertiary/aromatic N) is 1. The molecule has 0 bridgehead atoms. The highest BCUT2D eigenvalue weighted by Gasteiger charge is 2.12. The Kier molecular flexibility index (Phi) is 4.01. The molecule has 1 heterocycles. The zero-order valence-electron chi connectivity index (χ0n) is 13.6. The number of fused-ring (bicyclic) bond motifs is 1. The molecule has 25 heavy (non-hydrogen) atoms. The lowest BCUT2D eigenvalue weighted by Crippen LogP contribution is -2.24. The van der Waals surface area contributed by atoms with E-state index in [2.05, 4.69) is 15.3 Å². The third kappa shape index (κ3) is 3.15. The van der Waals surface area contributed by atoms with Crippen LogP contribution in [-0.4, -0.2) is 15.9 Å². The van der Waals surface area contributed by atoms with Crippen molar-refractivity contribution >= 4 is 16.9 Å². The molecule has 3 aromatic carbocycles. The van der Waals surface area contributed by atoms with Gasteiger partial charge in [0.25, 0.3) is 5.91 Å². The largest absolute Gasteiger partial charge is 0.345 e. The number of rotatable bonds is 4. The van der Waals surface area contributed by atoms with E-state index < -0.39 is 0 Å². The molecule has 0 spiro atoms. The number of aromatic amines is 1. The lowest BCUT2D eigenvalue weighted by molar-refractivity contribution is 0.0950. The van der Waals surface area contributed by atoms with Crippen LogP contribution in [0.3, 0.4) is 0 Å². The van der Waals surface area contributed by atoms with Gasteiger partial charge in [0.1, 0.15) is 5.82 Å². The summed E-state index contributed by atoms with van der Waals surface area (Å²) in [7, 11) is 0. The van der Waals surface area contributed by atoms with Crippen LogP contribution in [-0.2, 0) is 6.54 Å². The molecule has 1 amide bonds. The van der Waals surface area contributed by atoms with Gasteiger partial charge in [0, 0.05) is 5.56 Å². The van der Waals surface area contributed by atoms with Crippen molar-refractivity contribution in [2.75, 3.05) is 0 Å². The molecular formula is C21H17N3O. The molecule has 0 saturated carbocycles. The smallest absolute Gasteiger partial charge is 0.252 e. The minimum Gasteiger partial charge on any atom is -0.345 e. The number of hydrogen-bond acceptors (Lipinski definition) is 2. The number of amides is 1. The number of benzene rings is 3. The summed E-state index contributed by atoms with van der Waals surface area (Å²) in [6.45, 7) is 0.358. The average Bonchev–Trinajstić information content (AvgIpc) is 3.10. The van der Waals surface area contributed by atoms with Crippen LogP contribution in [0.1, 0.15) is 16.2 Å². The van der Waals surface area contributed by atoms with Gasteiger partial charge in [0.05, 0.1) is 17.6 Å². The molecule has 122 valence electrons. The summed E-state index contributed by atoms with van der Waals surface area (Å²) >= 11 is 0. The van der Waals surface area contributed by atoms with Gasteiger partial charge >= 0.3 is 0 Å². The molecule has 0 saturated heterocycles. The van der Waals surface area contributed by atoms with Crippen LogP contribution in [0.4, 0.5) is 0 Å². The van der Waals surface area contributed by atoms with Crippen molar-refractivity contribution in [2.24, 2.45) is 0 Å². The highest BCUT2D eigenvalue weighted by Crippen LogP contribution is 2.23. The fourth-order valence-electron chi connectivity index (χ4n) is 2.90. The van der Waals surface area contributed by atoms with Gasteiger partial charge in [-0.15, -0.1) is 0 Å². The number of aromatic nitrogens is 2. The van der Waals surface area contributed by atoms with Gasteiger partial charge in [0.2, 0.25) is 0 Å². The molecule has 2 N–H and O–H groups in total. The summed E-state index contributed by atoms with van der Waals surface area (Å²) in [6, 6.07) is 25.4. The highest BCUT2D eigenvalue weighted by atomic mass is 16.1. The van der Waals surface area contributed by atoms with Crippen LogP contribution in [0, 0.1) is 0 Å². The molecule has 4 aromatic rings. The van der Waals surface area contributed by atoms with E-state index in [-0.39, 0.29) is 5.91 Å². The van der Waals surface area contributed by atoms with Crippen LogP contribution in [0.15, 0.2) is 78.9 Å². The van der Waals surface area contributed by atoms with Gasteiger partial charge < -0.3 is 10.3 Å². The van der Waals surface area contributed by atoms with Crippen LogP contribution in [0.25, 0.3) is 22.2 Å². The van der Waals surface area contributed by atoms with Crippen molar-refractivity contribution in [1.82, 2.24) is 15.3 Å². The first-order chi connectivity index (χ1) is 12.3. The second kappa shape index (κ2) is 6.61. The van der Waals surface area contributed by atoms with E-state index in [4.69, 9.17) is 0 Å². The van der Waals surface area contributed by atoms with Gasteiger partial charge in [-0.1, -0.05) is 60.7 Å². The van der Waals surface area contributed by atoms with E-state index in [0.29, 0.717) is 12.1 Å². The SMILES string of the molecule is O=C(NCc1nc2ccccc2[nH]1)c1ccccc1-c1ccccc1. The molecule has 0 unspecified atom stereocenters. The van der Waals surface area contributed by atoms with Crippen molar-refractivity contribution in [3.63, 3.8) is 0 Å². The molecule has 0 aliphatic rings. The summed E-state index contributed by atoms with van der Waals surface area (Å²) in [5.74, 6) is 0.631. The average molecular weight is 327 g/mol. The van der Waals surface area contributed by atoms with E-state index in [9.17, 15) is 4.79 Å².